The van der Waals surface area contributed by atoms with E-state index in [1.54, 1.807) is 24.3 Å². The van der Waals surface area contributed by atoms with Crippen LogP contribution in [0.1, 0.15) is 31.2 Å². The Morgan fingerprint density at radius 2 is 2.00 bits per heavy atom. The first kappa shape index (κ1) is 17.2. The van der Waals surface area contributed by atoms with Crippen molar-refractivity contribution in [1.29, 1.82) is 0 Å². The number of aromatic hydroxyl groups is 1. The molecule has 1 aliphatic rings. The largest absolute Gasteiger partial charge is 0.508 e. The van der Waals surface area contributed by atoms with Crippen LogP contribution in [-0.4, -0.2) is 41.1 Å². The van der Waals surface area contributed by atoms with E-state index in [-0.39, 0.29) is 24.0 Å². The third-order valence-corrected chi connectivity index (χ3v) is 4.44. The van der Waals surface area contributed by atoms with Gasteiger partial charge in [-0.15, -0.1) is 0 Å². The SMILES string of the molecule is NC(=O)[C@@H]1CC(CCF)CCN1C(=O)CCc1ccc(O)cc1. The molecule has 2 atom stereocenters. The van der Waals surface area contributed by atoms with Crippen molar-refractivity contribution in [3.05, 3.63) is 29.8 Å². The molecule has 1 unspecified atom stereocenters. The van der Waals surface area contributed by atoms with E-state index in [0.717, 1.165) is 5.56 Å². The van der Waals surface area contributed by atoms with Gasteiger partial charge in [-0.3, -0.25) is 14.0 Å². The number of amides is 2. The Bertz CT molecular complexity index is 547. The van der Waals surface area contributed by atoms with Crippen LogP contribution in [-0.2, 0) is 16.0 Å². The Morgan fingerprint density at radius 1 is 1.30 bits per heavy atom. The van der Waals surface area contributed by atoms with Crippen molar-refractivity contribution in [3.8, 4) is 5.75 Å². The molecule has 2 amide bonds. The first-order valence-corrected chi connectivity index (χ1v) is 7.94. The molecule has 1 aliphatic heterocycles. The van der Waals surface area contributed by atoms with E-state index in [4.69, 9.17) is 5.73 Å². The highest BCUT2D eigenvalue weighted by molar-refractivity contribution is 5.87. The van der Waals surface area contributed by atoms with Crippen molar-refractivity contribution in [3.63, 3.8) is 0 Å². The monoisotopic (exact) mass is 322 g/mol. The van der Waals surface area contributed by atoms with E-state index in [1.807, 2.05) is 0 Å². The summed E-state index contributed by atoms with van der Waals surface area (Å²) in [7, 11) is 0. The number of hydrogen-bond acceptors (Lipinski definition) is 3. The standard InChI is InChI=1S/C17H23FN2O3/c18-9-7-13-8-10-20(15(11-13)17(19)23)16(22)6-3-12-1-4-14(21)5-2-12/h1-2,4-5,13,15,21H,3,6-11H2,(H2,19,23)/t13?,15-/m0/s1. The normalized spacial score (nSPS) is 21.2. The minimum atomic E-state index is -0.632. The molecule has 3 N–H and O–H groups in total. The van der Waals surface area contributed by atoms with E-state index in [0.29, 0.717) is 32.2 Å². The number of primary amides is 1. The van der Waals surface area contributed by atoms with Gasteiger partial charge in [0, 0.05) is 13.0 Å². The summed E-state index contributed by atoms with van der Waals surface area (Å²) in [6, 6.07) is 6.05. The van der Waals surface area contributed by atoms with Crippen LogP contribution in [0.5, 0.6) is 5.75 Å². The summed E-state index contributed by atoms with van der Waals surface area (Å²) in [5, 5.41) is 9.25. The van der Waals surface area contributed by atoms with Crippen molar-refractivity contribution in [1.82, 2.24) is 4.90 Å². The minimum absolute atomic E-state index is 0.110. The number of nitrogens with zero attached hydrogens (tertiary/aromatic N) is 1. The van der Waals surface area contributed by atoms with Crippen LogP contribution in [0.2, 0.25) is 0 Å². The molecule has 0 radical (unpaired) electrons. The van der Waals surface area contributed by atoms with Crippen molar-refractivity contribution >= 4 is 11.8 Å². The Morgan fingerprint density at radius 3 is 2.61 bits per heavy atom. The van der Waals surface area contributed by atoms with E-state index in [9.17, 15) is 19.1 Å². The van der Waals surface area contributed by atoms with Gasteiger partial charge in [0.15, 0.2) is 0 Å². The molecule has 0 saturated carbocycles. The lowest BCUT2D eigenvalue weighted by Crippen LogP contribution is -2.52. The van der Waals surface area contributed by atoms with Crippen LogP contribution in [0, 0.1) is 5.92 Å². The number of nitrogens with two attached hydrogens (primary N) is 1. The van der Waals surface area contributed by atoms with Gasteiger partial charge in [-0.25, -0.2) is 0 Å². The molecule has 0 spiro atoms. The maximum absolute atomic E-state index is 12.5. The van der Waals surface area contributed by atoms with Crippen molar-refractivity contribution in [2.45, 2.75) is 38.1 Å². The first-order chi connectivity index (χ1) is 11.0. The number of halogens is 1. The molecular formula is C17H23FN2O3. The average molecular weight is 322 g/mol. The van der Waals surface area contributed by atoms with Crippen molar-refractivity contribution < 1.29 is 19.1 Å². The van der Waals surface area contributed by atoms with Crippen LogP contribution in [0.25, 0.3) is 0 Å². The van der Waals surface area contributed by atoms with Gasteiger partial charge in [0.25, 0.3) is 0 Å². The number of piperidine rings is 1. The maximum atomic E-state index is 12.5. The van der Waals surface area contributed by atoms with Crippen LogP contribution in [0.3, 0.4) is 0 Å². The van der Waals surface area contributed by atoms with E-state index >= 15 is 0 Å². The number of likely N-dealkylation sites (tertiary alicyclic amines) is 1. The number of benzene rings is 1. The molecule has 1 aromatic rings. The third-order valence-electron chi connectivity index (χ3n) is 4.44. The fraction of sp³-hybridized carbons (Fsp3) is 0.529. The molecule has 1 fully saturated rings. The summed E-state index contributed by atoms with van der Waals surface area (Å²) < 4.78 is 12.5. The summed E-state index contributed by atoms with van der Waals surface area (Å²) in [6.45, 7) is 0.0393. The van der Waals surface area contributed by atoms with Gasteiger partial charge in [0.1, 0.15) is 11.8 Å². The van der Waals surface area contributed by atoms with Gasteiger partial charge in [-0.1, -0.05) is 12.1 Å². The van der Waals surface area contributed by atoms with E-state index in [2.05, 4.69) is 0 Å². The van der Waals surface area contributed by atoms with Gasteiger partial charge in [0.2, 0.25) is 11.8 Å². The lowest BCUT2D eigenvalue weighted by molar-refractivity contribution is -0.142. The molecule has 126 valence electrons. The second-order valence-electron chi connectivity index (χ2n) is 6.04. The number of carbonyl (C=O) groups excluding carboxylic acids is 2. The summed E-state index contributed by atoms with van der Waals surface area (Å²) >= 11 is 0. The predicted molar refractivity (Wildman–Crippen MR) is 84.4 cm³/mol. The van der Waals surface area contributed by atoms with E-state index in [1.165, 1.54) is 4.90 Å². The first-order valence-electron chi connectivity index (χ1n) is 7.94. The highest BCUT2D eigenvalue weighted by Gasteiger charge is 2.34. The number of alkyl halides is 1. The Hall–Kier alpha value is -2.11. The number of aryl methyl sites for hydroxylation is 1. The van der Waals surface area contributed by atoms with Gasteiger partial charge >= 0.3 is 0 Å². The van der Waals surface area contributed by atoms with Crippen LogP contribution in [0.4, 0.5) is 4.39 Å². The molecule has 1 saturated heterocycles. The van der Waals surface area contributed by atoms with E-state index < -0.39 is 18.6 Å². The zero-order valence-corrected chi connectivity index (χ0v) is 13.1. The van der Waals surface area contributed by atoms with Crippen molar-refractivity contribution in [2.24, 2.45) is 11.7 Å². The molecule has 5 nitrogen and oxygen atoms in total. The molecule has 23 heavy (non-hydrogen) atoms. The lowest BCUT2D eigenvalue weighted by atomic mass is 9.88. The molecule has 0 bridgehead atoms. The fourth-order valence-corrected chi connectivity index (χ4v) is 3.08. The summed E-state index contributed by atoms with van der Waals surface area (Å²) in [5.74, 6) is -0.338. The van der Waals surface area contributed by atoms with Crippen LogP contribution >= 0.6 is 0 Å². The number of rotatable bonds is 6. The lowest BCUT2D eigenvalue weighted by Gasteiger charge is -2.37. The van der Waals surface area contributed by atoms with Gasteiger partial charge < -0.3 is 15.7 Å². The van der Waals surface area contributed by atoms with Crippen molar-refractivity contribution in [2.75, 3.05) is 13.2 Å². The number of phenolic OH excluding ortho intramolecular Hbond substituents is 1. The van der Waals surface area contributed by atoms with Gasteiger partial charge in [0.05, 0.1) is 6.67 Å². The quantitative estimate of drug-likeness (QED) is 0.837. The molecule has 1 heterocycles. The summed E-state index contributed by atoms with van der Waals surface area (Å²) in [5.41, 5.74) is 6.37. The number of hydrogen-bond donors (Lipinski definition) is 2. The zero-order chi connectivity index (χ0) is 16.8. The summed E-state index contributed by atoms with van der Waals surface area (Å²) in [6.07, 6.45) is 2.39. The second-order valence-corrected chi connectivity index (χ2v) is 6.04. The van der Waals surface area contributed by atoms with Crippen LogP contribution in [0.15, 0.2) is 24.3 Å². The zero-order valence-electron chi connectivity index (χ0n) is 13.1. The molecule has 2 rings (SSSR count). The maximum Gasteiger partial charge on any atom is 0.240 e. The smallest absolute Gasteiger partial charge is 0.240 e. The number of phenols is 1. The van der Waals surface area contributed by atoms with Gasteiger partial charge in [-0.2, -0.15) is 0 Å². The summed E-state index contributed by atoms with van der Waals surface area (Å²) in [4.78, 5) is 25.6. The molecule has 0 aliphatic carbocycles. The Balaban J connectivity index is 1.94. The molecule has 1 aromatic carbocycles. The fourth-order valence-electron chi connectivity index (χ4n) is 3.08. The average Bonchev–Trinajstić information content (AvgIpc) is 2.54. The van der Waals surface area contributed by atoms with Gasteiger partial charge in [-0.05, 0) is 49.3 Å². The highest BCUT2D eigenvalue weighted by Crippen LogP contribution is 2.26. The third kappa shape index (κ3) is 4.68. The Labute approximate surface area is 135 Å². The second kappa shape index (κ2) is 7.94. The molecular weight excluding hydrogens is 299 g/mol. The molecule has 0 aromatic heterocycles. The minimum Gasteiger partial charge on any atom is -0.508 e. The topological polar surface area (TPSA) is 83.6 Å². The predicted octanol–water partition coefficient (Wildman–Crippen LogP) is 1.78. The Kier molecular flexibility index (Phi) is 5.96. The highest BCUT2D eigenvalue weighted by atomic mass is 19.1. The van der Waals surface area contributed by atoms with Crippen LogP contribution < -0.4 is 5.73 Å². The molecule has 6 heteroatoms. The number of carbonyl (C=O) groups is 2.